The molecule has 2 unspecified atom stereocenters. The molecule has 1 saturated heterocycles. The van der Waals surface area contributed by atoms with Crippen molar-refractivity contribution >= 4 is 29.5 Å². The second-order valence-corrected chi connectivity index (χ2v) is 4.90. The minimum atomic E-state index is -1.19. The van der Waals surface area contributed by atoms with E-state index in [2.05, 4.69) is 6.58 Å². The van der Waals surface area contributed by atoms with E-state index in [1.807, 2.05) is 5.32 Å². The van der Waals surface area contributed by atoms with Crippen LogP contribution < -0.4 is 5.32 Å². The predicted molar refractivity (Wildman–Crippen MR) is 70.0 cm³/mol. The number of Topliss-reactive ketones (excluding diaryl/α,β-unsaturated/α-hetero) is 1. The minimum Gasteiger partial charge on any atom is -0.451 e. The number of hydrogen-bond acceptors (Lipinski definition) is 7. The number of imide groups is 1. The Morgan fingerprint density at radius 2 is 1.64 bits per heavy atom. The van der Waals surface area contributed by atoms with Crippen molar-refractivity contribution in [2.45, 2.75) is 31.5 Å². The molecule has 2 rings (SSSR count). The molecule has 2 atom stereocenters. The summed E-state index contributed by atoms with van der Waals surface area (Å²) in [5.41, 5.74) is 0.683. The van der Waals surface area contributed by atoms with E-state index in [4.69, 9.17) is 9.47 Å². The molecule has 8 heteroatoms. The van der Waals surface area contributed by atoms with Crippen molar-refractivity contribution in [3.63, 3.8) is 0 Å². The highest BCUT2D eigenvalue weighted by Crippen LogP contribution is 2.22. The summed E-state index contributed by atoms with van der Waals surface area (Å²) in [6.07, 6.45) is -0.305. The molecule has 22 heavy (non-hydrogen) atoms. The van der Waals surface area contributed by atoms with Crippen LogP contribution in [-0.2, 0) is 33.4 Å². The molecule has 0 aromatic carbocycles. The van der Waals surface area contributed by atoms with Crippen molar-refractivity contribution in [3.05, 3.63) is 24.3 Å². The van der Waals surface area contributed by atoms with Gasteiger partial charge in [-0.3, -0.25) is 19.7 Å². The third-order valence-corrected chi connectivity index (χ3v) is 3.06. The maximum absolute atomic E-state index is 11.5. The van der Waals surface area contributed by atoms with E-state index in [1.165, 1.54) is 0 Å². The molecule has 0 bridgehead atoms. The summed E-state index contributed by atoms with van der Waals surface area (Å²) in [7, 11) is 0. The number of amides is 2. The molecule has 1 heterocycles. The van der Waals surface area contributed by atoms with Gasteiger partial charge < -0.3 is 9.47 Å². The minimum absolute atomic E-state index is 0.175. The number of ether oxygens (including phenoxy) is 2. The molecule has 8 nitrogen and oxygen atoms in total. The van der Waals surface area contributed by atoms with Gasteiger partial charge in [0.25, 0.3) is 5.91 Å². The Morgan fingerprint density at radius 1 is 1.05 bits per heavy atom. The van der Waals surface area contributed by atoms with Crippen LogP contribution in [0.2, 0.25) is 0 Å². The zero-order valence-electron chi connectivity index (χ0n) is 11.5. The van der Waals surface area contributed by atoms with Crippen LogP contribution in [-0.4, -0.2) is 41.7 Å². The fraction of sp³-hybridized carbons (Fsp3) is 0.357. The van der Waals surface area contributed by atoms with E-state index >= 15 is 0 Å². The van der Waals surface area contributed by atoms with Crippen LogP contribution in [0.1, 0.15) is 19.3 Å². The normalized spacial score (nSPS) is 24.7. The first-order valence-corrected chi connectivity index (χ1v) is 6.47. The first-order valence-electron chi connectivity index (χ1n) is 6.47. The molecule has 0 aromatic rings. The van der Waals surface area contributed by atoms with Gasteiger partial charge in [0.2, 0.25) is 5.91 Å². The van der Waals surface area contributed by atoms with Crippen LogP contribution in [0.3, 0.4) is 0 Å². The summed E-state index contributed by atoms with van der Waals surface area (Å²) in [6, 6.07) is 0. The van der Waals surface area contributed by atoms with Gasteiger partial charge in [-0.1, -0.05) is 12.2 Å². The van der Waals surface area contributed by atoms with Crippen molar-refractivity contribution in [1.29, 1.82) is 0 Å². The molecule has 1 aliphatic carbocycles. The highest BCUT2D eigenvalue weighted by atomic mass is 16.6. The van der Waals surface area contributed by atoms with Crippen LogP contribution in [0, 0.1) is 0 Å². The van der Waals surface area contributed by atoms with Crippen LogP contribution in [0.5, 0.6) is 0 Å². The van der Waals surface area contributed by atoms with Crippen molar-refractivity contribution < 1.29 is 33.4 Å². The van der Waals surface area contributed by atoms with E-state index in [1.54, 1.807) is 0 Å². The Bertz CT molecular complexity index is 552. The van der Waals surface area contributed by atoms with Gasteiger partial charge in [0, 0.05) is 25.0 Å². The zero-order valence-corrected chi connectivity index (χ0v) is 11.5. The zero-order chi connectivity index (χ0) is 16.3. The lowest BCUT2D eigenvalue weighted by atomic mass is 10.3. The highest BCUT2D eigenvalue weighted by molar-refractivity contribution is 6.06. The van der Waals surface area contributed by atoms with Crippen LogP contribution in [0.25, 0.3) is 0 Å². The molecule has 1 N–H and O–H groups in total. The van der Waals surface area contributed by atoms with Gasteiger partial charge in [0.1, 0.15) is 0 Å². The maximum atomic E-state index is 11.5. The summed E-state index contributed by atoms with van der Waals surface area (Å²) in [6.45, 7) is 3.64. The molecule has 1 aliphatic heterocycles. The fourth-order valence-corrected chi connectivity index (χ4v) is 2.04. The second-order valence-electron chi connectivity index (χ2n) is 4.90. The average Bonchev–Trinajstić information content (AvgIpc) is 2.89. The molecule has 0 aromatic heterocycles. The molecule has 1 saturated carbocycles. The first-order chi connectivity index (χ1) is 10.3. The van der Waals surface area contributed by atoms with Crippen LogP contribution >= 0.6 is 0 Å². The highest BCUT2D eigenvalue weighted by Gasteiger charge is 2.33. The van der Waals surface area contributed by atoms with E-state index < -0.39 is 36.0 Å². The van der Waals surface area contributed by atoms with Crippen molar-refractivity contribution in [2.75, 3.05) is 0 Å². The van der Waals surface area contributed by atoms with Gasteiger partial charge >= 0.3 is 11.9 Å². The summed E-state index contributed by atoms with van der Waals surface area (Å²) in [4.78, 5) is 56.4. The lowest BCUT2D eigenvalue weighted by Gasteiger charge is -2.08. The summed E-state index contributed by atoms with van der Waals surface area (Å²) in [5, 5.41) is 1.98. The average molecular weight is 307 g/mol. The van der Waals surface area contributed by atoms with Crippen molar-refractivity contribution in [3.8, 4) is 0 Å². The predicted octanol–water partition coefficient (Wildman–Crippen LogP) is -0.668. The number of carbonyl (C=O) groups is 5. The number of hydrogen-bond donors (Lipinski definition) is 1. The molecular weight excluding hydrogens is 294 g/mol. The number of carbonyl (C=O) groups excluding carboxylic acids is 5. The molecule has 2 fully saturated rings. The number of rotatable bonds is 4. The molecule has 116 valence electrons. The third-order valence-electron chi connectivity index (χ3n) is 3.06. The van der Waals surface area contributed by atoms with E-state index in [9.17, 15) is 24.0 Å². The molecule has 2 aliphatic rings. The Balaban J connectivity index is 1.81. The standard InChI is InChI=1S/C14H13NO7/c1-7-4-8(16)9(5-7)21-12(18)2-3-13(19)22-10-6-11(17)15-14(10)20/h2-3,9-10H,1,4-6H2,(H,15,17,20)/b3-2+. The van der Waals surface area contributed by atoms with Gasteiger partial charge in [-0.2, -0.15) is 0 Å². The van der Waals surface area contributed by atoms with Gasteiger partial charge in [-0.25, -0.2) is 9.59 Å². The van der Waals surface area contributed by atoms with Gasteiger partial charge in [0.15, 0.2) is 18.0 Å². The smallest absolute Gasteiger partial charge is 0.331 e. The number of esters is 2. The molecule has 0 radical (unpaired) electrons. The monoisotopic (exact) mass is 307 g/mol. The van der Waals surface area contributed by atoms with E-state index in [-0.39, 0.29) is 25.0 Å². The van der Waals surface area contributed by atoms with E-state index in [0.29, 0.717) is 5.57 Å². The molecule has 2 amide bonds. The second kappa shape index (κ2) is 6.33. The first kappa shape index (κ1) is 15.6. The Hall–Kier alpha value is -2.77. The Morgan fingerprint density at radius 3 is 2.09 bits per heavy atom. The van der Waals surface area contributed by atoms with Crippen molar-refractivity contribution in [2.24, 2.45) is 0 Å². The summed E-state index contributed by atoms with van der Waals surface area (Å²) < 4.78 is 9.58. The fourth-order valence-electron chi connectivity index (χ4n) is 2.04. The number of nitrogens with one attached hydrogen (secondary N) is 1. The topological polar surface area (TPSA) is 116 Å². The largest absolute Gasteiger partial charge is 0.451 e. The van der Waals surface area contributed by atoms with Crippen LogP contribution in [0.15, 0.2) is 24.3 Å². The maximum Gasteiger partial charge on any atom is 0.331 e. The quantitative estimate of drug-likeness (QED) is 0.317. The molecular formula is C14H13NO7. The van der Waals surface area contributed by atoms with Gasteiger partial charge in [-0.05, 0) is 0 Å². The Labute approximate surface area is 125 Å². The Kier molecular flexibility index (Phi) is 4.50. The SMILES string of the molecule is C=C1CC(=O)C(OC(=O)/C=C/C(=O)OC2CC(=O)NC2=O)C1. The number of ketones is 1. The van der Waals surface area contributed by atoms with Gasteiger partial charge in [-0.15, -0.1) is 0 Å². The van der Waals surface area contributed by atoms with Gasteiger partial charge in [0.05, 0.1) is 6.42 Å². The third kappa shape index (κ3) is 3.87. The summed E-state index contributed by atoms with van der Waals surface area (Å²) >= 11 is 0. The van der Waals surface area contributed by atoms with E-state index in [0.717, 1.165) is 12.2 Å². The van der Waals surface area contributed by atoms with Crippen molar-refractivity contribution in [1.82, 2.24) is 5.32 Å². The molecule has 0 spiro atoms. The lowest BCUT2D eigenvalue weighted by molar-refractivity contribution is -0.150. The lowest BCUT2D eigenvalue weighted by Crippen LogP contribution is -2.28. The summed E-state index contributed by atoms with van der Waals surface area (Å²) in [5.74, 6) is -3.32. The van der Waals surface area contributed by atoms with Crippen LogP contribution in [0.4, 0.5) is 0 Å².